The molecule has 17 rings (SSSR count). The van der Waals surface area contributed by atoms with Gasteiger partial charge in [0.2, 0.25) is 45.6 Å². The second-order valence-corrected chi connectivity index (χ2v) is 32.6. The van der Waals surface area contributed by atoms with Crippen molar-refractivity contribution in [3.8, 4) is 96.5 Å². The number of para-hydroxylation sites is 2. The Morgan fingerprint density at radius 1 is 0.353 bits per heavy atom. The summed E-state index contributed by atoms with van der Waals surface area (Å²) in [4.78, 5) is 4.62. The molecule has 0 aliphatic rings. The van der Waals surface area contributed by atoms with E-state index >= 15 is 0 Å². The molecule has 0 amide bonds. The molecule has 5 aromatic carbocycles. The number of furan rings is 2. The van der Waals surface area contributed by atoms with Gasteiger partial charge in [-0.25, -0.2) is 9.55 Å². The number of aromatic nitrogens is 15. The number of hydrogen-bond acceptors (Lipinski definition) is 4. The summed E-state index contributed by atoms with van der Waals surface area (Å²) in [7, 11) is 19.0. The molecule has 17 nitrogen and oxygen atoms in total. The van der Waals surface area contributed by atoms with Crippen LogP contribution < -0.4 is 36.9 Å². The van der Waals surface area contributed by atoms with E-state index in [-0.39, 0.29) is 0 Å². The fourth-order valence-electron chi connectivity index (χ4n) is 17.0. The molecule has 0 radical (unpaired) electrons. The van der Waals surface area contributed by atoms with Crippen LogP contribution in [0.5, 0.6) is 0 Å². The van der Waals surface area contributed by atoms with E-state index in [0.717, 1.165) is 101 Å². The third-order valence-electron chi connectivity index (χ3n) is 23.2. The van der Waals surface area contributed by atoms with Crippen LogP contribution in [0.15, 0.2) is 240 Å². The zero-order valence-electron chi connectivity index (χ0n) is 72.4. The first kappa shape index (κ1) is 80.1. The maximum Gasteiger partial charge on any atom is 0.359 e. The molecular formula is C99H115N15O2+8. The van der Waals surface area contributed by atoms with E-state index in [1.807, 2.05) is 43.8 Å². The molecule has 0 unspecified atom stereocenters. The van der Waals surface area contributed by atoms with Crippen LogP contribution in [0.2, 0.25) is 0 Å². The number of hydrogen-bond donors (Lipinski definition) is 0. The number of aryl methyl sites for hydroxylation is 7. The molecule has 12 heterocycles. The second-order valence-electron chi connectivity index (χ2n) is 32.6. The minimum Gasteiger partial charge on any atom is -0.455 e. The van der Waals surface area contributed by atoms with Crippen LogP contribution in [-0.4, -0.2) is 33.4 Å². The minimum atomic E-state index is 0.398. The van der Waals surface area contributed by atoms with Crippen molar-refractivity contribution in [3.63, 3.8) is 0 Å². The summed E-state index contributed by atoms with van der Waals surface area (Å²) < 4.78 is 41.7. The first-order chi connectivity index (χ1) is 55.5. The SMILES string of the molecule is Cc1cc(-c2cccc(-c3n(-c4c(C(C)C)cccc4C(C)C)cc[n+]3C)[n+]2C)n(C)n1.Cc1ccc2c(n1)oc1c(-c3cccc(-c4cc[n+](C(C)C)n4C)[n+]3C)c(C)ccc12.Cc1ccc2c(oc3ccccc32)c1-c1cccc(-c2cc[n+](C(C)C)n2C)[n+]1C.Cc1ccccc1-c1cccc(-c2cc[n+](C(C)C)n2C)[n+]1C. The molecule has 0 atom stereocenters. The van der Waals surface area contributed by atoms with Crippen LogP contribution in [0.4, 0.5) is 0 Å². The van der Waals surface area contributed by atoms with E-state index in [0.29, 0.717) is 35.7 Å². The van der Waals surface area contributed by atoms with Crippen LogP contribution in [0, 0.1) is 34.6 Å². The van der Waals surface area contributed by atoms with Gasteiger partial charge in [-0.05, 0) is 159 Å². The molecular weight excluding hydrogens is 1430 g/mol. The Hall–Kier alpha value is -12.5. The number of fused-ring (bicyclic) bond motifs is 6. The van der Waals surface area contributed by atoms with Crippen LogP contribution >= 0.6 is 0 Å². The minimum absolute atomic E-state index is 0.398. The lowest BCUT2D eigenvalue weighted by atomic mass is 9.92. The number of rotatable bonds is 14. The topological polar surface area (TPSA) is 108 Å². The fraction of sp³-hybridized carbons (Fsp3) is 0.293. The molecule has 0 saturated carbocycles. The first-order valence-electron chi connectivity index (χ1n) is 40.7. The maximum atomic E-state index is 6.36. The number of pyridine rings is 5. The Balaban J connectivity index is 0.000000128. The van der Waals surface area contributed by atoms with E-state index < -0.39 is 0 Å². The Bertz CT molecular complexity index is 6510. The van der Waals surface area contributed by atoms with Gasteiger partial charge < -0.3 is 8.83 Å². The van der Waals surface area contributed by atoms with Crippen molar-refractivity contribution in [2.75, 3.05) is 0 Å². The van der Waals surface area contributed by atoms with Crippen molar-refractivity contribution in [1.82, 2.24) is 33.4 Å². The average molecular weight is 1550 g/mol. The summed E-state index contributed by atoms with van der Waals surface area (Å²) in [6, 6.07) is 72.3. The molecule has 0 aliphatic carbocycles. The van der Waals surface area contributed by atoms with Gasteiger partial charge in [0.15, 0.2) is 59.4 Å². The predicted octanol–water partition coefficient (Wildman–Crippen LogP) is 18.3. The summed E-state index contributed by atoms with van der Waals surface area (Å²) in [5, 5.41) is 9.04. The Morgan fingerprint density at radius 2 is 0.776 bits per heavy atom. The normalized spacial score (nSPS) is 11.7. The van der Waals surface area contributed by atoms with Crippen molar-refractivity contribution in [1.29, 1.82) is 0 Å². The molecule has 17 aromatic rings. The highest BCUT2D eigenvalue weighted by atomic mass is 16.3. The summed E-state index contributed by atoms with van der Waals surface area (Å²) in [5.74, 6) is 2.02. The summed E-state index contributed by atoms with van der Waals surface area (Å²) in [6.07, 6.45) is 10.8. The maximum absolute atomic E-state index is 6.36. The largest absolute Gasteiger partial charge is 0.455 e. The van der Waals surface area contributed by atoms with Crippen molar-refractivity contribution in [3.05, 3.63) is 270 Å². The second kappa shape index (κ2) is 32.8. The van der Waals surface area contributed by atoms with Crippen molar-refractivity contribution < 1.29 is 45.7 Å². The fourth-order valence-corrected chi connectivity index (χ4v) is 17.0. The third-order valence-corrected chi connectivity index (χ3v) is 23.2. The predicted molar refractivity (Wildman–Crippen MR) is 464 cm³/mol. The lowest BCUT2D eigenvalue weighted by molar-refractivity contribution is -0.789. The molecule has 116 heavy (non-hydrogen) atoms. The molecule has 0 bridgehead atoms. The van der Waals surface area contributed by atoms with Crippen molar-refractivity contribution >= 4 is 44.0 Å². The van der Waals surface area contributed by atoms with E-state index in [2.05, 4.69) is 425 Å². The van der Waals surface area contributed by atoms with Gasteiger partial charge in [0.1, 0.15) is 63.1 Å². The highest BCUT2D eigenvalue weighted by molar-refractivity contribution is 6.10. The Labute approximate surface area is 683 Å². The van der Waals surface area contributed by atoms with Gasteiger partial charge in [-0.3, -0.25) is 4.68 Å². The monoisotopic (exact) mass is 1550 g/mol. The molecule has 590 valence electrons. The van der Waals surface area contributed by atoms with E-state index in [9.17, 15) is 0 Å². The standard InChI is InChI=1S/C27H35N5.C26H28N4O.C26H27N3O.C20H25N3/c1-18(2)21-11-9-12-22(19(3)4)26(21)32-16-15-29(6)27(32)24-14-10-13-23(30(24)7)25-17-20(5)28-31(25)8;1-16(2)30-15-14-22(29(30)6)21-8-7-9-23(28(21)5)24-17(3)10-12-19-20-13-11-18(4)27-26(20)31-25(19)24;1-17(2)29-16-15-22(28(29)5)21-10-8-11-23(27(21)4)25-18(3)13-14-20-19-9-6-7-12-24(19)30-26(20)25;1-15(2)23-14-13-20(22(23)5)19-12-8-11-18(21(19)4)17-10-7-6-9-16(17)3/h9-19H,1-8H3;7-16H,1-6H3;6-17H,1-5H3;6-15H,1-5H3/q4*+2. The van der Waals surface area contributed by atoms with Gasteiger partial charge >= 0.3 is 5.82 Å². The van der Waals surface area contributed by atoms with Gasteiger partial charge in [-0.15, -0.1) is 28.1 Å². The molecule has 17 heteroatoms. The number of nitrogens with zero attached hydrogens (tertiary/aromatic N) is 15. The van der Waals surface area contributed by atoms with Gasteiger partial charge in [0.05, 0.1) is 45.0 Å². The summed E-state index contributed by atoms with van der Waals surface area (Å²) >= 11 is 0. The molecule has 0 spiro atoms. The molecule has 12 aromatic heterocycles. The first-order valence-corrected chi connectivity index (χ1v) is 40.7. The highest BCUT2D eigenvalue weighted by Crippen LogP contribution is 2.40. The van der Waals surface area contributed by atoms with Crippen molar-refractivity contribution in [2.45, 2.75) is 134 Å². The molecule has 0 N–H and O–H groups in total. The van der Waals surface area contributed by atoms with E-state index in [1.54, 1.807) is 0 Å². The van der Waals surface area contributed by atoms with Crippen LogP contribution in [0.1, 0.15) is 138 Å². The zero-order chi connectivity index (χ0) is 82.6. The molecule has 0 saturated heterocycles. The van der Waals surface area contributed by atoms with Gasteiger partial charge in [0, 0.05) is 118 Å². The van der Waals surface area contributed by atoms with E-state index in [1.165, 1.54) is 73.2 Å². The summed E-state index contributed by atoms with van der Waals surface area (Å²) in [5.41, 5.74) is 30.7. The van der Waals surface area contributed by atoms with Crippen molar-refractivity contribution in [2.24, 2.45) is 63.4 Å². The third kappa shape index (κ3) is 14.9. The zero-order valence-corrected chi connectivity index (χ0v) is 72.4. The molecule has 0 fully saturated rings. The Kier molecular flexibility index (Phi) is 22.6. The van der Waals surface area contributed by atoms with E-state index in [4.69, 9.17) is 8.83 Å². The quantitative estimate of drug-likeness (QED) is 0.101. The Morgan fingerprint density at radius 3 is 1.26 bits per heavy atom. The number of benzene rings is 5. The van der Waals surface area contributed by atoms with Gasteiger partial charge in [-0.2, -0.15) is 27.9 Å². The van der Waals surface area contributed by atoms with Gasteiger partial charge in [-0.1, -0.05) is 107 Å². The lowest BCUT2D eigenvalue weighted by Crippen LogP contribution is -2.44. The lowest BCUT2D eigenvalue weighted by Gasteiger charge is -2.17. The smallest absolute Gasteiger partial charge is 0.359 e. The van der Waals surface area contributed by atoms with Gasteiger partial charge in [0.25, 0.3) is 5.69 Å². The summed E-state index contributed by atoms with van der Waals surface area (Å²) in [6.45, 7) is 32.8. The average Bonchev–Trinajstić information content (AvgIpc) is 1.58. The number of imidazole rings is 1. The molecule has 0 aliphatic heterocycles. The highest BCUT2D eigenvalue weighted by Gasteiger charge is 2.35. The van der Waals surface area contributed by atoms with Crippen LogP contribution in [0.25, 0.3) is 141 Å². The van der Waals surface area contributed by atoms with Crippen LogP contribution in [0.3, 0.4) is 0 Å². The van der Waals surface area contributed by atoms with Crippen LogP contribution in [-0.2, 0) is 63.4 Å².